The van der Waals surface area contributed by atoms with E-state index in [4.69, 9.17) is 16.0 Å². The number of hydrogen-bond donors (Lipinski definition) is 0. The summed E-state index contributed by atoms with van der Waals surface area (Å²) in [7, 11) is 0. The Bertz CT molecular complexity index is 611. The first-order chi connectivity index (χ1) is 9.29. The van der Waals surface area contributed by atoms with Gasteiger partial charge in [-0.2, -0.15) is 0 Å². The summed E-state index contributed by atoms with van der Waals surface area (Å²) < 4.78 is 5.13. The van der Waals surface area contributed by atoms with Crippen molar-refractivity contribution in [3.05, 3.63) is 63.4 Å². The van der Waals surface area contributed by atoms with Gasteiger partial charge in [0.25, 0.3) is 0 Å². The van der Waals surface area contributed by atoms with Crippen molar-refractivity contribution < 1.29 is 9.34 Å². The van der Waals surface area contributed by atoms with Crippen molar-refractivity contribution in [1.29, 1.82) is 0 Å². The molecule has 0 spiro atoms. The largest absolute Gasteiger partial charge is 0.433 e. The summed E-state index contributed by atoms with van der Waals surface area (Å²) >= 11 is 6.30. The van der Waals surface area contributed by atoms with Crippen LogP contribution in [0, 0.1) is 10.1 Å². The summed E-state index contributed by atoms with van der Waals surface area (Å²) in [6.45, 7) is 6.40. The van der Waals surface area contributed by atoms with E-state index in [0.717, 1.165) is 5.56 Å². The molecule has 1 aromatic heterocycles. The number of halogens is 1. The van der Waals surface area contributed by atoms with Crippen molar-refractivity contribution in [3.8, 4) is 0 Å². The highest BCUT2D eigenvalue weighted by Gasteiger charge is 2.20. The molecule has 0 saturated carbocycles. The fourth-order valence-corrected chi connectivity index (χ4v) is 2.16. The first-order valence-corrected chi connectivity index (χ1v) is 6.71. The number of nitrogens with zero attached hydrogens (tertiary/aromatic N) is 1. The first kappa shape index (κ1) is 14.6. The van der Waals surface area contributed by atoms with Gasteiger partial charge in [-0.3, -0.25) is 10.1 Å². The van der Waals surface area contributed by atoms with E-state index in [0.29, 0.717) is 5.76 Å². The van der Waals surface area contributed by atoms with E-state index < -0.39 is 10.3 Å². The van der Waals surface area contributed by atoms with Crippen LogP contribution in [0.3, 0.4) is 0 Å². The molecular formula is C15H16ClNO3. The zero-order valence-electron chi connectivity index (χ0n) is 11.6. The molecule has 0 fully saturated rings. The molecule has 0 N–H and O–H groups in total. The smallest absolute Gasteiger partial charge is 0.404 e. The second kappa shape index (κ2) is 5.29. The van der Waals surface area contributed by atoms with Crippen molar-refractivity contribution in [2.45, 2.75) is 31.6 Å². The van der Waals surface area contributed by atoms with Gasteiger partial charge in [0.15, 0.2) is 0 Å². The third kappa shape index (κ3) is 3.02. The summed E-state index contributed by atoms with van der Waals surface area (Å²) in [6, 6.07) is 10.7. The van der Waals surface area contributed by atoms with E-state index in [-0.39, 0.29) is 11.3 Å². The summed E-state index contributed by atoms with van der Waals surface area (Å²) in [5.74, 6) is 0.0823. The molecular weight excluding hydrogens is 278 g/mol. The van der Waals surface area contributed by atoms with Crippen LogP contribution in [0.15, 0.2) is 40.8 Å². The van der Waals surface area contributed by atoms with Crippen LogP contribution >= 0.6 is 11.6 Å². The summed E-state index contributed by atoms with van der Waals surface area (Å²) in [4.78, 5) is 10.0. The number of alkyl halides is 1. The van der Waals surface area contributed by atoms with E-state index in [9.17, 15) is 10.1 Å². The highest BCUT2D eigenvalue weighted by atomic mass is 35.5. The fraction of sp³-hybridized carbons (Fsp3) is 0.333. The second-order valence-corrected chi connectivity index (χ2v) is 6.10. The summed E-state index contributed by atoms with van der Waals surface area (Å²) in [5.41, 5.74) is 2.13. The number of benzene rings is 1. The van der Waals surface area contributed by atoms with Gasteiger partial charge in [-0.05, 0) is 22.6 Å². The standard InChI is InChI=1S/C15H16ClNO3/c1-15(2,3)11-6-4-10(5-7-11)14(16)12-8-9-13(20-12)17(18)19/h4-9,14H,1-3H3. The monoisotopic (exact) mass is 293 g/mol. The van der Waals surface area contributed by atoms with Gasteiger partial charge in [0.05, 0.1) is 6.07 Å². The van der Waals surface area contributed by atoms with Crippen LogP contribution in [0.4, 0.5) is 5.88 Å². The van der Waals surface area contributed by atoms with Gasteiger partial charge in [-0.1, -0.05) is 45.0 Å². The Morgan fingerprint density at radius 2 is 1.75 bits per heavy atom. The molecule has 4 nitrogen and oxygen atoms in total. The molecule has 1 unspecified atom stereocenters. The number of nitro groups is 1. The van der Waals surface area contributed by atoms with Gasteiger partial charge in [-0.25, -0.2) is 0 Å². The lowest BCUT2D eigenvalue weighted by Gasteiger charge is -2.19. The van der Waals surface area contributed by atoms with E-state index in [1.54, 1.807) is 0 Å². The van der Waals surface area contributed by atoms with Gasteiger partial charge in [0, 0.05) is 0 Å². The lowest BCUT2D eigenvalue weighted by molar-refractivity contribution is -0.402. The van der Waals surface area contributed by atoms with E-state index >= 15 is 0 Å². The maximum absolute atomic E-state index is 10.6. The van der Waals surface area contributed by atoms with E-state index in [1.165, 1.54) is 17.7 Å². The van der Waals surface area contributed by atoms with Crippen molar-refractivity contribution in [3.63, 3.8) is 0 Å². The van der Waals surface area contributed by atoms with E-state index in [2.05, 4.69) is 20.8 Å². The first-order valence-electron chi connectivity index (χ1n) is 6.27. The molecule has 0 bridgehead atoms. The zero-order chi connectivity index (χ0) is 14.9. The van der Waals surface area contributed by atoms with Crippen molar-refractivity contribution in [2.75, 3.05) is 0 Å². The lowest BCUT2D eigenvalue weighted by atomic mass is 9.86. The minimum absolute atomic E-state index is 0.0732. The molecule has 0 aliphatic carbocycles. The number of hydrogen-bond acceptors (Lipinski definition) is 3. The van der Waals surface area contributed by atoms with Crippen molar-refractivity contribution in [1.82, 2.24) is 0 Å². The normalized spacial score (nSPS) is 13.2. The summed E-state index contributed by atoms with van der Waals surface area (Å²) in [5, 5.41) is 10.1. The minimum atomic E-state index is -0.574. The Morgan fingerprint density at radius 3 is 2.20 bits per heavy atom. The maximum Gasteiger partial charge on any atom is 0.433 e. The molecule has 5 heteroatoms. The van der Waals surface area contributed by atoms with Gasteiger partial charge >= 0.3 is 5.88 Å². The molecule has 106 valence electrons. The molecule has 1 aromatic carbocycles. The Kier molecular flexibility index (Phi) is 3.86. The van der Waals surface area contributed by atoms with E-state index in [1.807, 2.05) is 24.3 Å². The average molecular weight is 294 g/mol. The molecule has 0 radical (unpaired) electrons. The second-order valence-electron chi connectivity index (χ2n) is 5.67. The van der Waals surface area contributed by atoms with Crippen LogP contribution in [-0.2, 0) is 5.41 Å². The van der Waals surface area contributed by atoms with Crippen molar-refractivity contribution >= 4 is 17.5 Å². The third-order valence-electron chi connectivity index (χ3n) is 3.11. The van der Waals surface area contributed by atoms with Crippen LogP contribution in [0.25, 0.3) is 0 Å². The van der Waals surface area contributed by atoms with Gasteiger partial charge < -0.3 is 4.42 Å². The Hall–Kier alpha value is -1.81. The maximum atomic E-state index is 10.6. The van der Waals surface area contributed by atoms with Crippen LogP contribution in [0.1, 0.15) is 43.0 Å². The predicted molar refractivity (Wildman–Crippen MR) is 78.2 cm³/mol. The fourth-order valence-electron chi connectivity index (χ4n) is 1.89. The van der Waals surface area contributed by atoms with Gasteiger partial charge in [0.2, 0.25) is 0 Å². The molecule has 2 rings (SSSR count). The molecule has 1 atom stereocenters. The Labute approximate surface area is 122 Å². The zero-order valence-corrected chi connectivity index (χ0v) is 12.3. The Balaban J connectivity index is 2.24. The van der Waals surface area contributed by atoms with Crippen LogP contribution in [0.5, 0.6) is 0 Å². The summed E-state index contributed by atoms with van der Waals surface area (Å²) in [6.07, 6.45) is 0. The molecule has 0 saturated heterocycles. The predicted octanol–water partition coefficient (Wildman–Crippen LogP) is 4.81. The quantitative estimate of drug-likeness (QED) is 0.463. The topological polar surface area (TPSA) is 56.3 Å². The van der Waals surface area contributed by atoms with Gasteiger partial charge in [0.1, 0.15) is 16.1 Å². The Morgan fingerprint density at radius 1 is 1.15 bits per heavy atom. The number of furan rings is 1. The van der Waals surface area contributed by atoms with Gasteiger partial charge in [-0.15, -0.1) is 11.6 Å². The molecule has 20 heavy (non-hydrogen) atoms. The van der Waals surface area contributed by atoms with Crippen LogP contribution < -0.4 is 0 Å². The lowest BCUT2D eigenvalue weighted by Crippen LogP contribution is -2.10. The minimum Gasteiger partial charge on any atom is -0.404 e. The number of rotatable bonds is 3. The van der Waals surface area contributed by atoms with Crippen LogP contribution in [-0.4, -0.2) is 4.92 Å². The van der Waals surface area contributed by atoms with Crippen LogP contribution in [0.2, 0.25) is 0 Å². The molecule has 0 aliphatic rings. The average Bonchev–Trinajstić information content (AvgIpc) is 2.86. The molecule has 0 aliphatic heterocycles. The highest BCUT2D eigenvalue weighted by molar-refractivity contribution is 6.22. The SMILES string of the molecule is CC(C)(C)c1ccc(C(Cl)c2ccc([N+](=O)[O-])o2)cc1. The van der Waals surface area contributed by atoms with Crippen molar-refractivity contribution in [2.24, 2.45) is 0 Å². The molecule has 0 amide bonds. The third-order valence-corrected chi connectivity index (χ3v) is 3.58. The highest BCUT2D eigenvalue weighted by Crippen LogP contribution is 2.33. The molecule has 2 aromatic rings. The molecule has 1 heterocycles.